The standard InChI is InChI=1S/C20H32N4/c1-21-20(22-13-5-8-17-6-3-2-4-7-17)23-14-15-24(19-11-12-19)16-18-9-10-18/h2-4,6-7,18-19H,5,8-16H2,1H3,(H2,21,22,23). The van der Waals surface area contributed by atoms with Crippen LogP contribution in [0.3, 0.4) is 0 Å². The SMILES string of the molecule is CN=C(NCCCc1ccccc1)NCCN(CC1CC1)C1CC1. The van der Waals surface area contributed by atoms with E-state index in [4.69, 9.17) is 0 Å². The lowest BCUT2D eigenvalue weighted by atomic mass is 10.1. The molecule has 2 aliphatic carbocycles. The van der Waals surface area contributed by atoms with Gasteiger partial charge in [0.15, 0.2) is 5.96 Å². The Morgan fingerprint density at radius 3 is 2.50 bits per heavy atom. The van der Waals surface area contributed by atoms with Crippen LogP contribution >= 0.6 is 0 Å². The largest absolute Gasteiger partial charge is 0.356 e. The monoisotopic (exact) mass is 328 g/mol. The van der Waals surface area contributed by atoms with Crippen LogP contribution in [0.25, 0.3) is 0 Å². The Morgan fingerprint density at radius 1 is 1.08 bits per heavy atom. The van der Waals surface area contributed by atoms with Gasteiger partial charge in [0.25, 0.3) is 0 Å². The summed E-state index contributed by atoms with van der Waals surface area (Å²) < 4.78 is 0. The Hall–Kier alpha value is -1.55. The minimum Gasteiger partial charge on any atom is -0.356 e. The molecule has 1 aromatic carbocycles. The molecule has 24 heavy (non-hydrogen) atoms. The van der Waals surface area contributed by atoms with E-state index in [-0.39, 0.29) is 0 Å². The van der Waals surface area contributed by atoms with Gasteiger partial charge in [-0.15, -0.1) is 0 Å². The van der Waals surface area contributed by atoms with Crippen molar-refractivity contribution in [2.24, 2.45) is 10.9 Å². The number of nitrogens with zero attached hydrogens (tertiary/aromatic N) is 2. The highest BCUT2D eigenvalue weighted by Crippen LogP contribution is 2.34. The summed E-state index contributed by atoms with van der Waals surface area (Å²) in [5.41, 5.74) is 1.40. The summed E-state index contributed by atoms with van der Waals surface area (Å²) in [4.78, 5) is 7.03. The molecular formula is C20H32N4. The van der Waals surface area contributed by atoms with Gasteiger partial charge in [-0.05, 0) is 50.0 Å². The van der Waals surface area contributed by atoms with Crippen molar-refractivity contribution in [3.63, 3.8) is 0 Å². The maximum atomic E-state index is 4.34. The fourth-order valence-electron chi connectivity index (χ4n) is 3.18. The van der Waals surface area contributed by atoms with Crippen LogP contribution in [0.2, 0.25) is 0 Å². The average molecular weight is 329 g/mol. The first-order valence-electron chi connectivity index (χ1n) is 9.57. The molecular weight excluding hydrogens is 296 g/mol. The summed E-state index contributed by atoms with van der Waals surface area (Å²) in [6, 6.07) is 11.5. The number of nitrogens with one attached hydrogen (secondary N) is 2. The van der Waals surface area contributed by atoms with E-state index in [9.17, 15) is 0 Å². The molecule has 0 heterocycles. The normalized spacial score (nSPS) is 18.0. The first kappa shape index (κ1) is 17.3. The first-order chi connectivity index (χ1) is 11.8. The lowest BCUT2D eigenvalue weighted by molar-refractivity contribution is 0.256. The molecule has 0 saturated heterocycles. The lowest BCUT2D eigenvalue weighted by Crippen LogP contribution is -2.42. The maximum Gasteiger partial charge on any atom is 0.191 e. The van der Waals surface area contributed by atoms with E-state index in [0.29, 0.717) is 0 Å². The van der Waals surface area contributed by atoms with Crippen LogP contribution in [0, 0.1) is 5.92 Å². The van der Waals surface area contributed by atoms with Gasteiger partial charge in [0.2, 0.25) is 0 Å². The minimum absolute atomic E-state index is 0.869. The summed E-state index contributed by atoms with van der Waals surface area (Å²) in [5.74, 6) is 1.92. The smallest absolute Gasteiger partial charge is 0.191 e. The quantitative estimate of drug-likeness (QED) is 0.394. The molecule has 2 fully saturated rings. The molecule has 1 aromatic rings. The van der Waals surface area contributed by atoms with Crippen molar-refractivity contribution < 1.29 is 0 Å². The Morgan fingerprint density at radius 2 is 1.83 bits per heavy atom. The van der Waals surface area contributed by atoms with E-state index in [2.05, 4.69) is 50.9 Å². The lowest BCUT2D eigenvalue weighted by Gasteiger charge is -2.22. The number of hydrogen-bond donors (Lipinski definition) is 2. The van der Waals surface area contributed by atoms with Gasteiger partial charge in [0, 0.05) is 39.3 Å². The van der Waals surface area contributed by atoms with Crippen molar-refractivity contribution >= 4 is 5.96 Å². The summed E-state index contributed by atoms with van der Waals surface area (Å²) in [6.07, 6.45) is 7.93. The zero-order valence-electron chi connectivity index (χ0n) is 15.0. The predicted molar refractivity (Wildman–Crippen MR) is 101 cm³/mol. The number of benzene rings is 1. The van der Waals surface area contributed by atoms with Crippen molar-refractivity contribution in [3.05, 3.63) is 35.9 Å². The Balaban J connectivity index is 1.28. The molecule has 0 bridgehead atoms. The van der Waals surface area contributed by atoms with Crippen molar-refractivity contribution in [2.75, 3.05) is 33.2 Å². The Kier molecular flexibility index (Phi) is 6.53. The van der Waals surface area contributed by atoms with Crippen LogP contribution in [0.1, 0.15) is 37.7 Å². The number of hydrogen-bond acceptors (Lipinski definition) is 2. The van der Waals surface area contributed by atoms with Gasteiger partial charge in [0.1, 0.15) is 0 Å². The number of guanidine groups is 1. The third-order valence-electron chi connectivity index (χ3n) is 4.95. The molecule has 0 spiro atoms. The molecule has 4 heteroatoms. The fraction of sp³-hybridized carbons (Fsp3) is 0.650. The van der Waals surface area contributed by atoms with Gasteiger partial charge in [0.05, 0.1) is 0 Å². The summed E-state index contributed by atoms with van der Waals surface area (Å²) in [6.45, 7) is 4.41. The molecule has 0 aromatic heterocycles. The van der Waals surface area contributed by atoms with E-state index in [0.717, 1.165) is 50.4 Å². The third kappa shape index (κ3) is 6.16. The fourth-order valence-corrected chi connectivity index (χ4v) is 3.18. The number of aryl methyl sites for hydroxylation is 1. The van der Waals surface area contributed by atoms with Crippen LogP contribution in [0.5, 0.6) is 0 Å². The summed E-state index contributed by atoms with van der Waals surface area (Å²) >= 11 is 0. The van der Waals surface area contributed by atoms with Gasteiger partial charge in [-0.1, -0.05) is 30.3 Å². The topological polar surface area (TPSA) is 39.7 Å². The second kappa shape index (κ2) is 9.07. The van der Waals surface area contributed by atoms with Crippen molar-refractivity contribution in [1.82, 2.24) is 15.5 Å². The number of aliphatic imine (C=N–C) groups is 1. The molecule has 0 unspecified atom stereocenters. The van der Waals surface area contributed by atoms with E-state index < -0.39 is 0 Å². The molecule has 0 atom stereocenters. The summed E-state index contributed by atoms with van der Waals surface area (Å²) in [5, 5.41) is 6.90. The van der Waals surface area contributed by atoms with E-state index >= 15 is 0 Å². The van der Waals surface area contributed by atoms with Gasteiger partial charge in [-0.2, -0.15) is 0 Å². The van der Waals surface area contributed by atoms with Crippen LogP contribution < -0.4 is 10.6 Å². The minimum atomic E-state index is 0.869. The second-order valence-corrected chi connectivity index (χ2v) is 7.18. The third-order valence-corrected chi connectivity index (χ3v) is 4.95. The van der Waals surface area contributed by atoms with Crippen LogP contribution in [0.4, 0.5) is 0 Å². The highest BCUT2D eigenvalue weighted by molar-refractivity contribution is 5.79. The molecule has 2 aliphatic rings. The second-order valence-electron chi connectivity index (χ2n) is 7.18. The van der Waals surface area contributed by atoms with Gasteiger partial charge < -0.3 is 10.6 Å². The Labute approximate surface area is 146 Å². The van der Waals surface area contributed by atoms with E-state index in [1.165, 1.54) is 37.8 Å². The maximum absolute atomic E-state index is 4.34. The number of rotatable bonds is 10. The van der Waals surface area contributed by atoms with Crippen LogP contribution in [0.15, 0.2) is 35.3 Å². The molecule has 0 aliphatic heterocycles. The zero-order valence-corrected chi connectivity index (χ0v) is 15.0. The van der Waals surface area contributed by atoms with Gasteiger partial charge >= 0.3 is 0 Å². The van der Waals surface area contributed by atoms with Crippen LogP contribution in [-0.2, 0) is 6.42 Å². The molecule has 4 nitrogen and oxygen atoms in total. The van der Waals surface area contributed by atoms with Crippen molar-refractivity contribution in [1.29, 1.82) is 0 Å². The molecule has 3 rings (SSSR count). The molecule has 132 valence electrons. The predicted octanol–water partition coefficient (Wildman–Crippen LogP) is 2.66. The van der Waals surface area contributed by atoms with Gasteiger partial charge in [-0.3, -0.25) is 9.89 Å². The van der Waals surface area contributed by atoms with E-state index in [1.54, 1.807) is 0 Å². The molecule has 0 amide bonds. The first-order valence-corrected chi connectivity index (χ1v) is 9.57. The van der Waals surface area contributed by atoms with E-state index in [1.807, 2.05) is 7.05 Å². The summed E-state index contributed by atoms with van der Waals surface area (Å²) in [7, 11) is 1.86. The highest BCUT2D eigenvalue weighted by atomic mass is 15.2. The van der Waals surface area contributed by atoms with Gasteiger partial charge in [-0.25, -0.2) is 0 Å². The highest BCUT2D eigenvalue weighted by Gasteiger charge is 2.33. The molecule has 0 radical (unpaired) electrons. The average Bonchev–Trinajstić information content (AvgIpc) is 3.50. The molecule has 2 saturated carbocycles. The van der Waals surface area contributed by atoms with Crippen molar-refractivity contribution in [3.8, 4) is 0 Å². The van der Waals surface area contributed by atoms with Crippen LogP contribution in [-0.4, -0.2) is 50.1 Å². The molecule has 2 N–H and O–H groups in total. The zero-order chi connectivity index (χ0) is 16.6. The van der Waals surface area contributed by atoms with Crippen molar-refractivity contribution in [2.45, 2.75) is 44.6 Å². The Bertz CT molecular complexity index is 506.